The number of hydrogen-bond donors (Lipinski definition) is 0. The highest BCUT2D eigenvalue weighted by molar-refractivity contribution is 9.10. The van der Waals surface area contributed by atoms with Gasteiger partial charge in [-0.1, -0.05) is 18.5 Å². The minimum absolute atomic E-state index is 0.544. The third-order valence-electron chi connectivity index (χ3n) is 2.08. The van der Waals surface area contributed by atoms with Gasteiger partial charge in [-0.3, -0.25) is 0 Å². The molecule has 0 aliphatic rings. The summed E-state index contributed by atoms with van der Waals surface area (Å²) < 4.78 is 1.05. The molecule has 5 heteroatoms. The van der Waals surface area contributed by atoms with Crippen molar-refractivity contribution >= 4 is 38.9 Å². The van der Waals surface area contributed by atoms with E-state index in [1.165, 1.54) is 6.33 Å². The van der Waals surface area contributed by atoms with Crippen LogP contribution in [-0.4, -0.2) is 9.97 Å². The summed E-state index contributed by atoms with van der Waals surface area (Å²) in [6.45, 7) is 2.05. The van der Waals surface area contributed by atoms with Crippen LogP contribution in [0.2, 0.25) is 5.15 Å². The van der Waals surface area contributed by atoms with Crippen molar-refractivity contribution in [2.24, 2.45) is 0 Å². The van der Waals surface area contributed by atoms with Crippen molar-refractivity contribution in [2.75, 3.05) is 0 Å². The molecule has 78 valence electrons. The average Bonchev–Trinajstić information content (AvgIpc) is 2.64. The van der Waals surface area contributed by atoms with Crippen LogP contribution in [0, 0.1) is 0 Å². The number of nitrogens with zero attached hydrogens (tertiary/aromatic N) is 2. The van der Waals surface area contributed by atoms with Crippen LogP contribution in [0.3, 0.4) is 0 Å². The van der Waals surface area contributed by atoms with E-state index < -0.39 is 0 Å². The highest BCUT2D eigenvalue weighted by atomic mass is 79.9. The Kier molecular flexibility index (Phi) is 3.38. The molecule has 2 rings (SSSR count). The molecule has 2 nitrogen and oxygen atoms in total. The predicted molar refractivity (Wildman–Crippen MR) is 67.4 cm³/mol. The summed E-state index contributed by atoms with van der Waals surface area (Å²) in [4.78, 5) is 9.40. The Labute approximate surface area is 105 Å². The Bertz CT molecular complexity index is 484. The summed E-state index contributed by atoms with van der Waals surface area (Å²) >= 11 is 11.2. The van der Waals surface area contributed by atoms with Gasteiger partial charge in [-0.25, -0.2) is 9.97 Å². The van der Waals surface area contributed by atoms with Crippen LogP contribution in [0.4, 0.5) is 0 Å². The molecule has 0 aliphatic heterocycles. The van der Waals surface area contributed by atoms with Crippen molar-refractivity contribution in [3.63, 3.8) is 0 Å². The second kappa shape index (κ2) is 4.60. The lowest BCUT2D eigenvalue weighted by atomic mass is 10.1. The SMILES string of the molecule is CCc1c(Cl)ncnc1-c1sccc1Br. The van der Waals surface area contributed by atoms with Gasteiger partial charge in [0.25, 0.3) is 0 Å². The molecule has 0 saturated carbocycles. The summed E-state index contributed by atoms with van der Waals surface area (Å²) in [5.41, 5.74) is 1.93. The minimum Gasteiger partial charge on any atom is -0.235 e. The van der Waals surface area contributed by atoms with Gasteiger partial charge in [-0.15, -0.1) is 11.3 Å². The molecule has 2 heterocycles. The van der Waals surface area contributed by atoms with Gasteiger partial charge >= 0.3 is 0 Å². The van der Waals surface area contributed by atoms with Crippen molar-refractivity contribution in [3.8, 4) is 10.6 Å². The van der Waals surface area contributed by atoms with Gasteiger partial charge in [0.05, 0.1) is 10.6 Å². The van der Waals surface area contributed by atoms with E-state index in [9.17, 15) is 0 Å². The van der Waals surface area contributed by atoms with Crippen molar-refractivity contribution in [1.82, 2.24) is 9.97 Å². The molecule has 0 aromatic carbocycles. The quantitative estimate of drug-likeness (QED) is 0.778. The van der Waals surface area contributed by atoms with Crippen LogP contribution in [0.5, 0.6) is 0 Å². The van der Waals surface area contributed by atoms with E-state index in [2.05, 4.69) is 32.8 Å². The van der Waals surface area contributed by atoms with E-state index >= 15 is 0 Å². The third-order valence-corrected chi connectivity index (χ3v) is 4.25. The second-order valence-corrected chi connectivity index (χ2v) is 5.07. The first-order chi connectivity index (χ1) is 7.24. The fourth-order valence-electron chi connectivity index (χ4n) is 1.36. The second-order valence-electron chi connectivity index (χ2n) is 2.94. The normalized spacial score (nSPS) is 10.6. The van der Waals surface area contributed by atoms with Crippen molar-refractivity contribution in [3.05, 3.63) is 33.0 Å². The highest BCUT2D eigenvalue weighted by Crippen LogP contribution is 2.35. The largest absolute Gasteiger partial charge is 0.235 e. The lowest BCUT2D eigenvalue weighted by molar-refractivity contribution is 1.05. The van der Waals surface area contributed by atoms with Gasteiger partial charge < -0.3 is 0 Å². The van der Waals surface area contributed by atoms with Crippen LogP contribution in [-0.2, 0) is 6.42 Å². The molecule has 0 radical (unpaired) electrons. The van der Waals surface area contributed by atoms with Crippen LogP contribution in [0.15, 0.2) is 22.2 Å². The fourth-order valence-corrected chi connectivity index (χ4v) is 3.21. The Balaban J connectivity index is 2.63. The molecule has 0 fully saturated rings. The van der Waals surface area contributed by atoms with Gasteiger partial charge in [0.15, 0.2) is 0 Å². The minimum atomic E-state index is 0.544. The molecule has 0 atom stereocenters. The molecule has 0 amide bonds. The maximum Gasteiger partial charge on any atom is 0.136 e. The number of halogens is 2. The maximum atomic E-state index is 6.04. The molecule has 0 aliphatic carbocycles. The van der Waals surface area contributed by atoms with Crippen LogP contribution in [0.25, 0.3) is 10.6 Å². The predicted octanol–water partition coefficient (Wildman–Crippen LogP) is 4.18. The first-order valence-electron chi connectivity index (χ1n) is 4.46. The van der Waals surface area contributed by atoms with Crippen LogP contribution in [0.1, 0.15) is 12.5 Å². The lowest BCUT2D eigenvalue weighted by Crippen LogP contribution is -1.94. The van der Waals surface area contributed by atoms with Gasteiger partial charge in [0.1, 0.15) is 11.5 Å². The van der Waals surface area contributed by atoms with Gasteiger partial charge in [-0.05, 0) is 33.8 Å². The van der Waals surface area contributed by atoms with E-state index in [-0.39, 0.29) is 0 Å². The van der Waals surface area contributed by atoms with Crippen molar-refractivity contribution in [1.29, 1.82) is 0 Å². The molecular formula is C10H8BrClN2S. The smallest absolute Gasteiger partial charge is 0.136 e. The standard InChI is InChI=1S/C10H8BrClN2S/c1-2-6-8(13-5-14-10(6)12)9-7(11)3-4-15-9/h3-5H,2H2,1H3. The van der Waals surface area contributed by atoms with E-state index in [0.29, 0.717) is 5.15 Å². The maximum absolute atomic E-state index is 6.04. The molecular weight excluding hydrogens is 296 g/mol. The Morgan fingerprint density at radius 1 is 1.47 bits per heavy atom. The zero-order valence-electron chi connectivity index (χ0n) is 8.00. The van der Waals surface area contributed by atoms with Gasteiger partial charge in [0, 0.05) is 10.0 Å². The molecule has 0 bridgehead atoms. The van der Waals surface area contributed by atoms with Crippen molar-refractivity contribution in [2.45, 2.75) is 13.3 Å². The number of thiophene rings is 1. The third kappa shape index (κ3) is 2.07. The molecule has 0 N–H and O–H groups in total. The molecule has 0 unspecified atom stereocenters. The Morgan fingerprint density at radius 2 is 2.27 bits per heavy atom. The molecule has 2 aromatic rings. The number of hydrogen-bond acceptors (Lipinski definition) is 3. The number of rotatable bonds is 2. The highest BCUT2D eigenvalue weighted by Gasteiger charge is 2.13. The molecule has 0 saturated heterocycles. The van der Waals surface area contributed by atoms with E-state index in [0.717, 1.165) is 27.0 Å². The average molecular weight is 304 g/mol. The van der Waals surface area contributed by atoms with E-state index in [4.69, 9.17) is 11.6 Å². The summed E-state index contributed by atoms with van der Waals surface area (Å²) in [6.07, 6.45) is 2.34. The summed E-state index contributed by atoms with van der Waals surface area (Å²) in [6, 6.07) is 2.01. The zero-order valence-corrected chi connectivity index (χ0v) is 11.2. The molecule has 0 spiro atoms. The summed E-state index contributed by atoms with van der Waals surface area (Å²) in [5, 5.41) is 2.57. The number of aromatic nitrogens is 2. The van der Waals surface area contributed by atoms with E-state index in [1.54, 1.807) is 11.3 Å². The van der Waals surface area contributed by atoms with Crippen LogP contribution >= 0.6 is 38.9 Å². The van der Waals surface area contributed by atoms with Crippen molar-refractivity contribution < 1.29 is 0 Å². The van der Waals surface area contributed by atoms with Gasteiger partial charge in [-0.2, -0.15) is 0 Å². The zero-order chi connectivity index (χ0) is 10.8. The summed E-state index contributed by atoms with van der Waals surface area (Å²) in [7, 11) is 0. The first kappa shape index (κ1) is 11.0. The molecule has 2 aromatic heterocycles. The lowest BCUT2D eigenvalue weighted by Gasteiger charge is -2.06. The Hall–Kier alpha value is -0.450. The van der Waals surface area contributed by atoms with E-state index in [1.807, 2.05) is 11.4 Å². The summed E-state index contributed by atoms with van der Waals surface area (Å²) in [5.74, 6) is 0. The fraction of sp³-hybridized carbons (Fsp3) is 0.200. The topological polar surface area (TPSA) is 25.8 Å². The first-order valence-corrected chi connectivity index (χ1v) is 6.51. The van der Waals surface area contributed by atoms with Gasteiger partial charge in [0.2, 0.25) is 0 Å². The monoisotopic (exact) mass is 302 g/mol. The Morgan fingerprint density at radius 3 is 2.87 bits per heavy atom. The van der Waals surface area contributed by atoms with Crippen LogP contribution < -0.4 is 0 Å². The molecule has 15 heavy (non-hydrogen) atoms.